The molecule has 0 spiro atoms. The highest BCUT2D eigenvalue weighted by molar-refractivity contribution is 6.35. The SMILES string of the molecule is C[C@H](Oc1ccc(C#N)cc1)C(=O)NCCc1ccc(Cl)cc1Cl. The van der Waals surface area contributed by atoms with E-state index >= 15 is 0 Å². The van der Waals surface area contributed by atoms with Gasteiger partial charge in [0.2, 0.25) is 0 Å². The third kappa shape index (κ3) is 5.16. The minimum atomic E-state index is -0.640. The Balaban J connectivity index is 1.81. The number of nitrogens with zero attached hydrogens (tertiary/aromatic N) is 1. The summed E-state index contributed by atoms with van der Waals surface area (Å²) in [5.74, 6) is 0.321. The maximum absolute atomic E-state index is 12.1. The maximum atomic E-state index is 12.1. The molecular weight excluding hydrogens is 347 g/mol. The van der Waals surface area contributed by atoms with Crippen LogP contribution < -0.4 is 10.1 Å². The minimum absolute atomic E-state index is 0.218. The van der Waals surface area contributed by atoms with Crippen LogP contribution in [-0.4, -0.2) is 18.6 Å². The van der Waals surface area contributed by atoms with Crippen LogP contribution in [0.2, 0.25) is 10.0 Å². The van der Waals surface area contributed by atoms with E-state index in [1.54, 1.807) is 43.3 Å². The highest BCUT2D eigenvalue weighted by atomic mass is 35.5. The first kappa shape index (κ1) is 18.1. The highest BCUT2D eigenvalue weighted by Crippen LogP contribution is 2.21. The molecule has 2 aromatic carbocycles. The number of ether oxygens (including phenoxy) is 1. The van der Waals surface area contributed by atoms with Gasteiger partial charge in [0, 0.05) is 16.6 Å². The van der Waals surface area contributed by atoms with Crippen LogP contribution in [0.3, 0.4) is 0 Å². The summed E-state index contributed by atoms with van der Waals surface area (Å²) >= 11 is 11.9. The Bertz CT molecular complexity index is 755. The standard InChI is InChI=1S/C18H16Cl2N2O2/c1-12(24-16-6-2-13(11-21)3-7-16)18(23)22-9-8-14-4-5-15(19)10-17(14)20/h2-7,10,12H,8-9H2,1H3,(H,22,23)/t12-/m0/s1. The summed E-state index contributed by atoms with van der Waals surface area (Å²) in [6, 6.07) is 13.9. The fourth-order valence-electron chi connectivity index (χ4n) is 2.05. The molecule has 0 heterocycles. The molecule has 0 aromatic heterocycles. The van der Waals surface area contributed by atoms with E-state index in [0.29, 0.717) is 34.3 Å². The number of rotatable bonds is 6. The van der Waals surface area contributed by atoms with Crippen LogP contribution in [0.4, 0.5) is 0 Å². The molecule has 0 fully saturated rings. The summed E-state index contributed by atoms with van der Waals surface area (Å²) in [6.45, 7) is 2.12. The zero-order valence-corrected chi connectivity index (χ0v) is 14.6. The minimum Gasteiger partial charge on any atom is -0.481 e. The second-order valence-corrected chi connectivity index (χ2v) is 6.02. The number of carbonyl (C=O) groups is 1. The second-order valence-electron chi connectivity index (χ2n) is 5.17. The molecule has 1 N–H and O–H groups in total. The van der Waals surface area contributed by atoms with Gasteiger partial charge in [-0.3, -0.25) is 4.79 Å². The van der Waals surface area contributed by atoms with Crippen molar-refractivity contribution in [3.63, 3.8) is 0 Å². The molecule has 6 heteroatoms. The van der Waals surface area contributed by atoms with Gasteiger partial charge >= 0.3 is 0 Å². The number of hydrogen-bond acceptors (Lipinski definition) is 3. The normalized spacial score (nSPS) is 11.4. The van der Waals surface area contributed by atoms with E-state index in [2.05, 4.69) is 5.32 Å². The number of nitriles is 1. The molecule has 4 nitrogen and oxygen atoms in total. The van der Waals surface area contributed by atoms with Crippen molar-refractivity contribution in [1.29, 1.82) is 5.26 Å². The Morgan fingerprint density at radius 1 is 1.25 bits per heavy atom. The van der Waals surface area contributed by atoms with Gasteiger partial charge in [0.1, 0.15) is 5.75 Å². The van der Waals surface area contributed by atoms with Gasteiger partial charge in [-0.15, -0.1) is 0 Å². The molecule has 0 unspecified atom stereocenters. The lowest BCUT2D eigenvalue weighted by Gasteiger charge is -2.15. The van der Waals surface area contributed by atoms with Gasteiger partial charge in [-0.1, -0.05) is 29.3 Å². The van der Waals surface area contributed by atoms with Gasteiger partial charge in [0.25, 0.3) is 5.91 Å². The van der Waals surface area contributed by atoms with Gasteiger partial charge in [-0.2, -0.15) is 5.26 Å². The van der Waals surface area contributed by atoms with E-state index < -0.39 is 6.10 Å². The first-order valence-electron chi connectivity index (χ1n) is 7.38. The van der Waals surface area contributed by atoms with Crippen molar-refractivity contribution in [3.8, 4) is 11.8 Å². The Morgan fingerprint density at radius 3 is 2.58 bits per heavy atom. The van der Waals surface area contributed by atoms with Crippen molar-refractivity contribution in [2.24, 2.45) is 0 Å². The molecule has 0 aliphatic carbocycles. The Kier molecular flexibility index (Phi) is 6.48. The molecule has 24 heavy (non-hydrogen) atoms. The van der Waals surface area contributed by atoms with Crippen molar-refractivity contribution in [1.82, 2.24) is 5.32 Å². The molecule has 0 saturated heterocycles. The predicted octanol–water partition coefficient (Wildman–Crippen LogP) is 3.99. The lowest BCUT2D eigenvalue weighted by molar-refractivity contribution is -0.127. The Labute approximate surface area is 151 Å². The summed E-state index contributed by atoms with van der Waals surface area (Å²) in [7, 11) is 0. The van der Waals surface area contributed by atoms with E-state index in [1.807, 2.05) is 12.1 Å². The number of amides is 1. The number of nitrogens with one attached hydrogen (secondary N) is 1. The van der Waals surface area contributed by atoms with Crippen LogP contribution in [0.15, 0.2) is 42.5 Å². The summed E-state index contributed by atoms with van der Waals surface area (Å²) in [5, 5.41) is 12.7. The van der Waals surface area contributed by atoms with Crippen molar-refractivity contribution in [2.75, 3.05) is 6.54 Å². The summed E-state index contributed by atoms with van der Waals surface area (Å²) in [6.07, 6.45) is -0.0377. The molecule has 0 aliphatic rings. The monoisotopic (exact) mass is 362 g/mol. The highest BCUT2D eigenvalue weighted by Gasteiger charge is 2.14. The van der Waals surface area contributed by atoms with Crippen LogP contribution in [0.25, 0.3) is 0 Å². The molecule has 0 bridgehead atoms. The fourth-order valence-corrected chi connectivity index (χ4v) is 2.56. The molecule has 1 amide bonds. The summed E-state index contributed by atoms with van der Waals surface area (Å²) in [4.78, 5) is 12.1. The zero-order chi connectivity index (χ0) is 17.5. The molecule has 0 radical (unpaired) electrons. The second kappa shape index (κ2) is 8.58. The molecule has 0 saturated carbocycles. The molecular formula is C18H16Cl2N2O2. The van der Waals surface area contributed by atoms with Crippen LogP contribution in [0.5, 0.6) is 5.75 Å². The topological polar surface area (TPSA) is 62.1 Å². The Hall–Kier alpha value is -2.22. The lowest BCUT2D eigenvalue weighted by Crippen LogP contribution is -2.37. The largest absolute Gasteiger partial charge is 0.481 e. The number of benzene rings is 2. The van der Waals surface area contributed by atoms with Gasteiger partial charge in [-0.05, 0) is 55.3 Å². The third-order valence-corrected chi connectivity index (χ3v) is 3.96. The average Bonchev–Trinajstić information content (AvgIpc) is 2.57. The quantitative estimate of drug-likeness (QED) is 0.844. The number of hydrogen-bond donors (Lipinski definition) is 1. The molecule has 124 valence electrons. The van der Waals surface area contributed by atoms with Gasteiger partial charge in [0.15, 0.2) is 6.10 Å². The maximum Gasteiger partial charge on any atom is 0.260 e. The lowest BCUT2D eigenvalue weighted by atomic mass is 10.1. The van der Waals surface area contributed by atoms with Crippen molar-refractivity contribution in [3.05, 3.63) is 63.6 Å². The van der Waals surface area contributed by atoms with E-state index in [0.717, 1.165) is 5.56 Å². The third-order valence-electron chi connectivity index (χ3n) is 3.37. The van der Waals surface area contributed by atoms with E-state index in [4.69, 9.17) is 33.2 Å². The first-order valence-corrected chi connectivity index (χ1v) is 8.13. The van der Waals surface area contributed by atoms with Crippen molar-refractivity contribution >= 4 is 29.1 Å². The van der Waals surface area contributed by atoms with Gasteiger partial charge < -0.3 is 10.1 Å². The Morgan fingerprint density at radius 2 is 1.96 bits per heavy atom. The van der Waals surface area contributed by atoms with Gasteiger partial charge in [0.05, 0.1) is 11.6 Å². The number of halogens is 2. The van der Waals surface area contributed by atoms with Crippen molar-refractivity contribution in [2.45, 2.75) is 19.4 Å². The molecule has 2 aromatic rings. The van der Waals surface area contributed by atoms with Crippen LogP contribution >= 0.6 is 23.2 Å². The van der Waals surface area contributed by atoms with E-state index in [9.17, 15) is 4.79 Å². The van der Waals surface area contributed by atoms with Gasteiger partial charge in [-0.25, -0.2) is 0 Å². The van der Waals surface area contributed by atoms with Crippen molar-refractivity contribution < 1.29 is 9.53 Å². The van der Waals surface area contributed by atoms with E-state index in [-0.39, 0.29) is 5.91 Å². The zero-order valence-electron chi connectivity index (χ0n) is 13.1. The summed E-state index contributed by atoms with van der Waals surface area (Å²) in [5.41, 5.74) is 1.46. The predicted molar refractivity (Wildman–Crippen MR) is 94.4 cm³/mol. The first-order chi connectivity index (χ1) is 11.5. The van der Waals surface area contributed by atoms with Crippen LogP contribution in [0, 0.1) is 11.3 Å². The molecule has 0 aliphatic heterocycles. The summed E-state index contributed by atoms with van der Waals surface area (Å²) < 4.78 is 5.55. The van der Waals surface area contributed by atoms with Crippen LogP contribution in [0.1, 0.15) is 18.1 Å². The van der Waals surface area contributed by atoms with Crippen LogP contribution in [-0.2, 0) is 11.2 Å². The smallest absolute Gasteiger partial charge is 0.260 e. The number of carbonyl (C=O) groups excluding carboxylic acids is 1. The van der Waals surface area contributed by atoms with E-state index in [1.165, 1.54) is 0 Å². The molecule has 1 atom stereocenters. The fraction of sp³-hybridized carbons (Fsp3) is 0.222. The average molecular weight is 363 g/mol. The molecule has 2 rings (SSSR count).